The maximum atomic E-state index is 12.5. The van der Waals surface area contributed by atoms with E-state index in [2.05, 4.69) is 4.98 Å². The first-order valence-corrected chi connectivity index (χ1v) is 6.40. The normalized spacial score (nSPS) is 10.3. The Labute approximate surface area is 118 Å². The van der Waals surface area contributed by atoms with E-state index in [9.17, 15) is 4.79 Å². The van der Waals surface area contributed by atoms with Gasteiger partial charge >= 0.3 is 0 Å². The zero-order chi connectivity index (χ0) is 14.4. The van der Waals surface area contributed by atoms with E-state index in [4.69, 9.17) is 9.47 Å². The molecule has 0 unspecified atom stereocenters. The summed E-state index contributed by atoms with van der Waals surface area (Å²) in [6.45, 7) is 2.78. The van der Waals surface area contributed by atoms with Crippen LogP contribution in [0.2, 0.25) is 0 Å². The molecule has 0 saturated carbocycles. The molecule has 1 heterocycles. The van der Waals surface area contributed by atoms with Gasteiger partial charge in [-0.25, -0.2) is 0 Å². The summed E-state index contributed by atoms with van der Waals surface area (Å²) in [6, 6.07) is 10.8. The number of carbonyl (C=O) groups is 1. The van der Waals surface area contributed by atoms with Crippen molar-refractivity contribution in [3.05, 3.63) is 59.4 Å². The number of hydrogen-bond donors (Lipinski definition) is 0. The Hall–Kier alpha value is -2.20. The van der Waals surface area contributed by atoms with Crippen molar-refractivity contribution in [2.45, 2.75) is 6.92 Å². The molecule has 0 aliphatic carbocycles. The van der Waals surface area contributed by atoms with Crippen LogP contribution < -0.4 is 4.74 Å². The molecule has 0 aliphatic rings. The van der Waals surface area contributed by atoms with Crippen molar-refractivity contribution in [1.82, 2.24) is 4.98 Å². The lowest BCUT2D eigenvalue weighted by molar-refractivity contribution is 0.103. The lowest BCUT2D eigenvalue weighted by Gasteiger charge is -2.10. The summed E-state index contributed by atoms with van der Waals surface area (Å²) in [6.07, 6.45) is 1.59. The third-order valence-corrected chi connectivity index (χ3v) is 2.85. The van der Waals surface area contributed by atoms with Crippen LogP contribution in [0, 0.1) is 6.92 Å². The fraction of sp³-hybridized carbons (Fsp3) is 0.250. The number of methoxy groups -OCH3 is 1. The van der Waals surface area contributed by atoms with Crippen LogP contribution in [0.25, 0.3) is 0 Å². The van der Waals surface area contributed by atoms with Gasteiger partial charge in [-0.15, -0.1) is 0 Å². The minimum Gasteiger partial charge on any atom is -0.490 e. The number of carbonyl (C=O) groups excluding carboxylic acids is 1. The average molecular weight is 271 g/mol. The number of pyridine rings is 1. The molecule has 0 amide bonds. The molecule has 0 bridgehead atoms. The lowest BCUT2D eigenvalue weighted by Crippen LogP contribution is -2.09. The zero-order valence-electron chi connectivity index (χ0n) is 11.6. The van der Waals surface area contributed by atoms with Gasteiger partial charge in [0.15, 0.2) is 5.78 Å². The van der Waals surface area contributed by atoms with Crippen LogP contribution in [0.15, 0.2) is 42.6 Å². The number of ether oxygens (including phenoxy) is 2. The van der Waals surface area contributed by atoms with Crippen molar-refractivity contribution in [2.24, 2.45) is 0 Å². The number of para-hydroxylation sites is 1. The zero-order valence-corrected chi connectivity index (χ0v) is 11.6. The molecular weight excluding hydrogens is 254 g/mol. The van der Waals surface area contributed by atoms with Crippen LogP contribution in [0.5, 0.6) is 5.75 Å². The number of benzene rings is 1. The van der Waals surface area contributed by atoms with Crippen LogP contribution >= 0.6 is 0 Å². The number of aryl methyl sites for hydroxylation is 1. The summed E-state index contributed by atoms with van der Waals surface area (Å²) in [7, 11) is 1.61. The van der Waals surface area contributed by atoms with Gasteiger partial charge in [-0.1, -0.05) is 12.1 Å². The summed E-state index contributed by atoms with van der Waals surface area (Å²) < 4.78 is 10.5. The van der Waals surface area contributed by atoms with Gasteiger partial charge in [-0.05, 0) is 31.2 Å². The van der Waals surface area contributed by atoms with Gasteiger partial charge < -0.3 is 9.47 Å². The second-order valence-electron chi connectivity index (χ2n) is 4.35. The van der Waals surface area contributed by atoms with Crippen molar-refractivity contribution in [3.8, 4) is 5.75 Å². The molecule has 0 radical (unpaired) electrons. The van der Waals surface area contributed by atoms with E-state index in [0.717, 1.165) is 5.69 Å². The Morgan fingerprint density at radius 2 is 1.95 bits per heavy atom. The Bertz CT molecular complexity index is 579. The fourth-order valence-corrected chi connectivity index (χ4v) is 1.77. The Morgan fingerprint density at radius 1 is 1.15 bits per heavy atom. The largest absolute Gasteiger partial charge is 0.490 e. The van der Waals surface area contributed by atoms with E-state index < -0.39 is 0 Å². The molecule has 20 heavy (non-hydrogen) atoms. The second kappa shape index (κ2) is 6.82. The van der Waals surface area contributed by atoms with Gasteiger partial charge in [0.25, 0.3) is 0 Å². The molecule has 0 N–H and O–H groups in total. The van der Waals surface area contributed by atoms with Crippen molar-refractivity contribution in [1.29, 1.82) is 0 Å². The van der Waals surface area contributed by atoms with Gasteiger partial charge in [0, 0.05) is 24.6 Å². The van der Waals surface area contributed by atoms with E-state index in [-0.39, 0.29) is 5.78 Å². The summed E-state index contributed by atoms with van der Waals surface area (Å²) in [4.78, 5) is 16.6. The van der Waals surface area contributed by atoms with Crippen molar-refractivity contribution >= 4 is 5.78 Å². The minimum absolute atomic E-state index is 0.0921. The van der Waals surface area contributed by atoms with E-state index in [1.54, 1.807) is 31.5 Å². The Kier molecular flexibility index (Phi) is 4.85. The van der Waals surface area contributed by atoms with E-state index in [0.29, 0.717) is 30.1 Å². The van der Waals surface area contributed by atoms with Crippen LogP contribution in [0.3, 0.4) is 0 Å². The van der Waals surface area contributed by atoms with Gasteiger partial charge in [0.1, 0.15) is 12.4 Å². The summed E-state index contributed by atoms with van der Waals surface area (Å²) in [5.41, 5.74) is 1.97. The molecule has 104 valence electrons. The molecule has 2 rings (SSSR count). The van der Waals surface area contributed by atoms with Crippen LogP contribution in [-0.2, 0) is 4.74 Å². The summed E-state index contributed by atoms with van der Waals surface area (Å²) in [5.74, 6) is 0.473. The number of nitrogens with zero attached hydrogens (tertiary/aromatic N) is 1. The topological polar surface area (TPSA) is 48.4 Å². The smallest absolute Gasteiger partial charge is 0.198 e. The van der Waals surface area contributed by atoms with E-state index >= 15 is 0 Å². The highest BCUT2D eigenvalue weighted by atomic mass is 16.5. The molecule has 1 aromatic heterocycles. The van der Waals surface area contributed by atoms with E-state index in [1.165, 1.54) is 0 Å². The third-order valence-electron chi connectivity index (χ3n) is 2.85. The molecule has 4 heteroatoms. The second-order valence-corrected chi connectivity index (χ2v) is 4.35. The number of aromatic nitrogens is 1. The highest BCUT2D eigenvalue weighted by Crippen LogP contribution is 2.21. The molecular formula is C16H17NO3. The number of hydrogen-bond acceptors (Lipinski definition) is 4. The SMILES string of the molecule is COCCOc1ccccc1C(=O)c1ccc(C)nc1. The predicted molar refractivity (Wildman–Crippen MR) is 76.2 cm³/mol. The van der Waals surface area contributed by atoms with Gasteiger partial charge in [-0.3, -0.25) is 9.78 Å². The third kappa shape index (κ3) is 3.42. The first kappa shape index (κ1) is 14.2. The number of ketones is 1. The van der Waals surface area contributed by atoms with Gasteiger partial charge in [0.05, 0.1) is 12.2 Å². The molecule has 0 saturated heterocycles. The molecule has 1 aromatic carbocycles. The van der Waals surface area contributed by atoms with Gasteiger partial charge in [-0.2, -0.15) is 0 Å². The summed E-state index contributed by atoms with van der Waals surface area (Å²) in [5, 5.41) is 0. The quantitative estimate of drug-likeness (QED) is 0.598. The molecule has 4 nitrogen and oxygen atoms in total. The maximum absolute atomic E-state index is 12.5. The minimum atomic E-state index is -0.0921. The monoisotopic (exact) mass is 271 g/mol. The van der Waals surface area contributed by atoms with Crippen LogP contribution in [0.1, 0.15) is 21.6 Å². The maximum Gasteiger partial charge on any atom is 0.198 e. The molecule has 0 fully saturated rings. The van der Waals surface area contributed by atoms with Crippen molar-refractivity contribution in [3.63, 3.8) is 0 Å². The van der Waals surface area contributed by atoms with Crippen LogP contribution in [0.4, 0.5) is 0 Å². The fourth-order valence-electron chi connectivity index (χ4n) is 1.77. The molecule has 0 aliphatic heterocycles. The first-order valence-electron chi connectivity index (χ1n) is 6.40. The van der Waals surface area contributed by atoms with Crippen molar-refractivity contribution < 1.29 is 14.3 Å². The standard InChI is InChI=1S/C16H17NO3/c1-12-7-8-13(11-17-12)16(18)14-5-3-4-6-15(14)20-10-9-19-2/h3-8,11H,9-10H2,1-2H3. The molecule has 2 aromatic rings. The highest BCUT2D eigenvalue weighted by Gasteiger charge is 2.14. The predicted octanol–water partition coefficient (Wildman–Crippen LogP) is 2.65. The molecule has 0 atom stereocenters. The molecule has 0 spiro atoms. The first-order chi connectivity index (χ1) is 9.72. The Balaban J connectivity index is 2.23. The van der Waals surface area contributed by atoms with Gasteiger partial charge in [0.2, 0.25) is 0 Å². The van der Waals surface area contributed by atoms with Crippen LogP contribution in [-0.4, -0.2) is 31.1 Å². The Morgan fingerprint density at radius 3 is 2.65 bits per heavy atom. The highest BCUT2D eigenvalue weighted by molar-refractivity contribution is 6.10. The average Bonchev–Trinajstić information content (AvgIpc) is 2.48. The van der Waals surface area contributed by atoms with Crippen molar-refractivity contribution in [2.75, 3.05) is 20.3 Å². The summed E-state index contributed by atoms with van der Waals surface area (Å²) >= 11 is 0. The van der Waals surface area contributed by atoms with E-state index in [1.807, 2.05) is 25.1 Å². The number of rotatable bonds is 6. The lowest BCUT2D eigenvalue weighted by atomic mass is 10.0.